The number of hydrogen-bond acceptors (Lipinski definition) is 4. The van der Waals surface area contributed by atoms with Gasteiger partial charge in [-0.1, -0.05) is 12.1 Å². The Bertz CT molecular complexity index is 739. The number of hydrogen-bond donors (Lipinski definition) is 1. The number of carbonyl (C=O) groups is 1. The molecule has 2 aliphatic rings. The Morgan fingerprint density at radius 2 is 2.08 bits per heavy atom. The molecule has 0 radical (unpaired) electrons. The number of rotatable bonds is 5. The second-order valence-electron chi connectivity index (χ2n) is 6.48. The van der Waals surface area contributed by atoms with Crippen LogP contribution in [-0.4, -0.2) is 29.0 Å². The number of ether oxygens (including phenoxy) is 1. The van der Waals surface area contributed by atoms with Crippen molar-refractivity contribution in [3.05, 3.63) is 58.7 Å². The molecule has 1 aromatic carbocycles. The van der Waals surface area contributed by atoms with Crippen LogP contribution in [0.2, 0.25) is 0 Å². The number of nitrogens with one attached hydrogen (secondary N) is 1. The minimum absolute atomic E-state index is 0.00994. The van der Waals surface area contributed by atoms with E-state index in [-0.39, 0.29) is 5.91 Å². The number of amides is 1. The molecule has 1 aromatic heterocycles. The Kier molecular flexibility index (Phi) is 4.26. The lowest BCUT2D eigenvalue weighted by atomic mass is 9.97. The summed E-state index contributed by atoms with van der Waals surface area (Å²) in [6, 6.07) is 5.85. The van der Waals surface area contributed by atoms with Gasteiger partial charge in [-0.25, -0.2) is 9.97 Å². The average molecular weight is 323 g/mol. The van der Waals surface area contributed by atoms with Crippen molar-refractivity contribution in [3.8, 4) is 0 Å². The van der Waals surface area contributed by atoms with Crippen LogP contribution in [0.1, 0.15) is 51.6 Å². The summed E-state index contributed by atoms with van der Waals surface area (Å²) in [6.07, 6.45) is 7.73. The third kappa shape index (κ3) is 3.31. The molecule has 1 amide bonds. The van der Waals surface area contributed by atoms with Gasteiger partial charge in [0.05, 0.1) is 13.2 Å². The number of aromatic nitrogens is 2. The highest BCUT2D eigenvalue weighted by molar-refractivity contribution is 5.96. The van der Waals surface area contributed by atoms with E-state index in [1.165, 1.54) is 12.8 Å². The van der Waals surface area contributed by atoms with Crippen LogP contribution in [0.15, 0.2) is 30.6 Å². The van der Waals surface area contributed by atoms with Crippen LogP contribution in [0, 0.1) is 0 Å². The van der Waals surface area contributed by atoms with Crippen LogP contribution < -0.4 is 5.32 Å². The van der Waals surface area contributed by atoms with Gasteiger partial charge in [-0.15, -0.1) is 0 Å². The molecule has 5 nitrogen and oxygen atoms in total. The highest BCUT2D eigenvalue weighted by atomic mass is 16.5. The molecule has 1 fully saturated rings. The molecule has 1 N–H and O–H groups in total. The molecule has 2 heterocycles. The zero-order valence-electron chi connectivity index (χ0n) is 13.6. The van der Waals surface area contributed by atoms with Gasteiger partial charge >= 0.3 is 0 Å². The Morgan fingerprint density at radius 1 is 1.25 bits per heavy atom. The van der Waals surface area contributed by atoms with Gasteiger partial charge in [0, 0.05) is 30.4 Å². The molecule has 24 heavy (non-hydrogen) atoms. The molecule has 0 bridgehead atoms. The van der Waals surface area contributed by atoms with E-state index in [1.54, 1.807) is 0 Å². The lowest BCUT2D eigenvalue weighted by molar-refractivity contribution is 0.0942. The highest BCUT2D eigenvalue weighted by Crippen LogP contribution is 2.37. The Morgan fingerprint density at radius 3 is 2.88 bits per heavy atom. The molecular formula is C19H21N3O2. The molecule has 0 unspecified atom stereocenters. The van der Waals surface area contributed by atoms with E-state index >= 15 is 0 Å². The van der Waals surface area contributed by atoms with E-state index in [2.05, 4.69) is 15.3 Å². The van der Waals surface area contributed by atoms with Crippen molar-refractivity contribution in [1.29, 1.82) is 0 Å². The Balaban J connectivity index is 1.35. The standard InChI is InChI=1S/C19H21N3O2/c23-19(17-3-1-2-15-12-24-9-7-16(15)17)20-8-6-13-10-21-18(22-11-13)14-4-5-14/h1-3,10-11,14H,4-9,12H2,(H,20,23). The lowest BCUT2D eigenvalue weighted by Crippen LogP contribution is -2.28. The molecule has 1 saturated carbocycles. The molecule has 124 valence electrons. The minimum Gasteiger partial charge on any atom is -0.376 e. The zero-order valence-corrected chi connectivity index (χ0v) is 13.6. The molecule has 0 spiro atoms. The summed E-state index contributed by atoms with van der Waals surface area (Å²) >= 11 is 0. The van der Waals surface area contributed by atoms with E-state index in [9.17, 15) is 4.79 Å². The van der Waals surface area contributed by atoms with Crippen LogP contribution in [0.3, 0.4) is 0 Å². The maximum absolute atomic E-state index is 12.5. The summed E-state index contributed by atoms with van der Waals surface area (Å²) in [7, 11) is 0. The molecule has 2 aromatic rings. The van der Waals surface area contributed by atoms with Gasteiger partial charge < -0.3 is 10.1 Å². The molecule has 0 atom stereocenters. The van der Waals surface area contributed by atoms with Crippen molar-refractivity contribution in [2.75, 3.05) is 13.2 Å². The smallest absolute Gasteiger partial charge is 0.251 e. The average Bonchev–Trinajstić information content (AvgIpc) is 3.47. The summed E-state index contributed by atoms with van der Waals surface area (Å²) in [4.78, 5) is 21.3. The quantitative estimate of drug-likeness (QED) is 0.918. The number of carbonyl (C=O) groups excluding carboxylic acids is 1. The van der Waals surface area contributed by atoms with Gasteiger partial charge in [-0.05, 0) is 48.4 Å². The monoisotopic (exact) mass is 323 g/mol. The van der Waals surface area contributed by atoms with E-state index in [0.29, 0.717) is 25.7 Å². The lowest BCUT2D eigenvalue weighted by Gasteiger charge is -2.19. The molecule has 1 aliphatic heterocycles. The molecule has 4 rings (SSSR count). The van der Waals surface area contributed by atoms with E-state index in [4.69, 9.17) is 4.74 Å². The fourth-order valence-corrected chi connectivity index (χ4v) is 3.10. The van der Waals surface area contributed by atoms with Crippen LogP contribution >= 0.6 is 0 Å². The topological polar surface area (TPSA) is 64.1 Å². The van der Waals surface area contributed by atoms with Crippen molar-refractivity contribution in [2.24, 2.45) is 0 Å². The van der Waals surface area contributed by atoms with Gasteiger partial charge in [0.15, 0.2) is 0 Å². The first kappa shape index (κ1) is 15.3. The maximum atomic E-state index is 12.5. The predicted molar refractivity (Wildman–Crippen MR) is 89.8 cm³/mol. The number of nitrogens with zero attached hydrogens (tertiary/aromatic N) is 2. The van der Waals surface area contributed by atoms with Gasteiger partial charge in [0.25, 0.3) is 5.91 Å². The highest BCUT2D eigenvalue weighted by Gasteiger charge is 2.26. The third-order valence-corrected chi connectivity index (χ3v) is 4.64. The molecule has 5 heteroatoms. The SMILES string of the molecule is O=C(NCCc1cnc(C2CC2)nc1)c1cccc2c1CCOC2. The summed E-state index contributed by atoms with van der Waals surface area (Å²) in [6.45, 7) is 1.87. The van der Waals surface area contributed by atoms with Crippen LogP contribution in [0.5, 0.6) is 0 Å². The second kappa shape index (κ2) is 6.69. The second-order valence-corrected chi connectivity index (χ2v) is 6.48. The summed E-state index contributed by atoms with van der Waals surface area (Å²) in [5.74, 6) is 1.53. The third-order valence-electron chi connectivity index (χ3n) is 4.64. The van der Waals surface area contributed by atoms with Gasteiger partial charge in [0.2, 0.25) is 0 Å². The van der Waals surface area contributed by atoms with Crippen molar-refractivity contribution < 1.29 is 9.53 Å². The fraction of sp³-hybridized carbons (Fsp3) is 0.421. The summed E-state index contributed by atoms with van der Waals surface area (Å²) in [5.41, 5.74) is 4.08. The molecule has 0 saturated heterocycles. The molecule has 1 aliphatic carbocycles. The van der Waals surface area contributed by atoms with E-state index in [1.807, 2.05) is 30.6 Å². The van der Waals surface area contributed by atoms with Gasteiger partial charge in [0.1, 0.15) is 5.82 Å². The van der Waals surface area contributed by atoms with E-state index < -0.39 is 0 Å². The Labute approximate surface area is 141 Å². The van der Waals surface area contributed by atoms with Crippen molar-refractivity contribution in [1.82, 2.24) is 15.3 Å². The van der Waals surface area contributed by atoms with Crippen molar-refractivity contribution in [3.63, 3.8) is 0 Å². The van der Waals surface area contributed by atoms with Crippen molar-refractivity contribution >= 4 is 5.91 Å². The largest absolute Gasteiger partial charge is 0.376 e. The Hall–Kier alpha value is -2.27. The van der Waals surface area contributed by atoms with Gasteiger partial charge in [-0.2, -0.15) is 0 Å². The number of fused-ring (bicyclic) bond motifs is 1. The first-order chi connectivity index (χ1) is 11.8. The van der Waals surface area contributed by atoms with Crippen LogP contribution in [0.25, 0.3) is 0 Å². The first-order valence-electron chi connectivity index (χ1n) is 8.59. The van der Waals surface area contributed by atoms with E-state index in [0.717, 1.165) is 40.9 Å². The summed E-state index contributed by atoms with van der Waals surface area (Å²) in [5, 5.41) is 3.01. The van der Waals surface area contributed by atoms with Crippen molar-refractivity contribution in [2.45, 2.75) is 38.2 Å². The maximum Gasteiger partial charge on any atom is 0.251 e. The normalized spacial score (nSPS) is 16.5. The minimum atomic E-state index is -0.00994. The predicted octanol–water partition coefficient (Wildman–Crippen LogP) is 2.40. The fourth-order valence-electron chi connectivity index (χ4n) is 3.10. The molecular weight excluding hydrogens is 302 g/mol. The van der Waals surface area contributed by atoms with Crippen LogP contribution in [-0.2, 0) is 24.2 Å². The van der Waals surface area contributed by atoms with Gasteiger partial charge in [-0.3, -0.25) is 4.79 Å². The van der Waals surface area contributed by atoms with Crippen LogP contribution in [0.4, 0.5) is 0 Å². The first-order valence-corrected chi connectivity index (χ1v) is 8.59. The zero-order chi connectivity index (χ0) is 16.4. The summed E-state index contributed by atoms with van der Waals surface area (Å²) < 4.78 is 5.45. The number of benzene rings is 1.